The Bertz CT molecular complexity index is 792. The molecule has 0 aliphatic carbocycles. The minimum absolute atomic E-state index is 0.0395. The number of Topliss-reactive ketones (excluding diaryl/α,β-unsaturated/α-hetero) is 2. The van der Waals surface area contributed by atoms with Crippen LogP contribution in [0.25, 0.3) is 11.1 Å². The molecule has 114 valence electrons. The van der Waals surface area contributed by atoms with Crippen molar-refractivity contribution in [1.29, 1.82) is 0 Å². The first-order chi connectivity index (χ1) is 10.3. The molecule has 0 atom stereocenters. The number of phenols is 4. The van der Waals surface area contributed by atoms with Crippen molar-refractivity contribution >= 4 is 11.6 Å². The lowest BCUT2D eigenvalue weighted by molar-refractivity contribution is 0.100. The molecule has 0 radical (unpaired) electrons. The molecule has 4 N–H and O–H groups in total. The van der Waals surface area contributed by atoms with E-state index < -0.39 is 28.8 Å². The highest BCUT2D eigenvalue weighted by molar-refractivity contribution is 6.02. The number of carbonyl (C=O) groups excluding carboxylic acids is 2. The van der Waals surface area contributed by atoms with E-state index in [4.69, 9.17) is 0 Å². The maximum Gasteiger partial charge on any atom is 0.169 e. The van der Waals surface area contributed by atoms with Crippen LogP contribution in [0.3, 0.4) is 0 Å². The zero-order chi connectivity index (χ0) is 16.6. The van der Waals surface area contributed by atoms with Crippen LogP contribution in [0, 0.1) is 0 Å². The average Bonchev–Trinajstić information content (AvgIpc) is 2.42. The van der Waals surface area contributed by atoms with Crippen LogP contribution in [-0.2, 0) is 0 Å². The van der Waals surface area contributed by atoms with Crippen LogP contribution in [-0.4, -0.2) is 32.0 Å². The molecule has 0 unspecified atom stereocenters. The van der Waals surface area contributed by atoms with Gasteiger partial charge < -0.3 is 20.4 Å². The van der Waals surface area contributed by atoms with Gasteiger partial charge in [0.2, 0.25) is 0 Å². The minimum Gasteiger partial charge on any atom is -0.507 e. The van der Waals surface area contributed by atoms with Crippen LogP contribution < -0.4 is 0 Å². The topological polar surface area (TPSA) is 115 Å². The van der Waals surface area contributed by atoms with Crippen molar-refractivity contribution in [2.24, 2.45) is 0 Å². The summed E-state index contributed by atoms with van der Waals surface area (Å²) in [5.74, 6) is -3.10. The standard InChI is InChI=1S/C16H14O6/c1-7(17)9-5-6-12(19)13(14(9)20)11-4-3-10(8(2)18)15(21)16(11)22/h3-6,19-22H,1-2H3. The molecule has 0 saturated carbocycles. The van der Waals surface area contributed by atoms with Gasteiger partial charge in [0.1, 0.15) is 11.5 Å². The Kier molecular flexibility index (Phi) is 3.77. The molecule has 0 spiro atoms. The van der Waals surface area contributed by atoms with E-state index in [9.17, 15) is 30.0 Å². The van der Waals surface area contributed by atoms with Crippen LogP contribution in [0.1, 0.15) is 34.6 Å². The van der Waals surface area contributed by atoms with Crippen molar-refractivity contribution in [1.82, 2.24) is 0 Å². The van der Waals surface area contributed by atoms with Gasteiger partial charge in [0.05, 0.1) is 16.7 Å². The zero-order valence-electron chi connectivity index (χ0n) is 11.9. The van der Waals surface area contributed by atoms with E-state index in [2.05, 4.69) is 0 Å². The molecule has 0 saturated heterocycles. The number of benzene rings is 2. The predicted octanol–water partition coefficient (Wildman–Crippen LogP) is 2.58. The van der Waals surface area contributed by atoms with Gasteiger partial charge in [-0.2, -0.15) is 0 Å². The van der Waals surface area contributed by atoms with Crippen LogP contribution in [0.4, 0.5) is 0 Å². The summed E-state index contributed by atoms with van der Waals surface area (Å²) >= 11 is 0. The molecule has 0 fully saturated rings. The van der Waals surface area contributed by atoms with Crippen molar-refractivity contribution in [2.45, 2.75) is 13.8 Å². The van der Waals surface area contributed by atoms with E-state index in [1.54, 1.807) is 0 Å². The third-order valence-corrected chi connectivity index (χ3v) is 3.34. The molecule has 6 heteroatoms. The average molecular weight is 302 g/mol. The monoisotopic (exact) mass is 302 g/mol. The SMILES string of the molecule is CC(=O)c1ccc(-c2c(O)ccc(C(C)=O)c2O)c(O)c1O. The molecule has 0 aliphatic heterocycles. The van der Waals surface area contributed by atoms with Gasteiger partial charge in [-0.15, -0.1) is 0 Å². The fourth-order valence-corrected chi connectivity index (χ4v) is 2.20. The Morgan fingerprint density at radius 1 is 0.727 bits per heavy atom. The van der Waals surface area contributed by atoms with Crippen LogP contribution in [0.2, 0.25) is 0 Å². The van der Waals surface area contributed by atoms with Crippen molar-refractivity contribution in [3.8, 4) is 34.1 Å². The first-order valence-corrected chi connectivity index (χ1v) is 6.37. The van der Waals surface area contributed by atoms with E-state index in [1.165, 1.54) is 38.1 Å². The summed E-state index contributed by atoms with van der Waals surface area (Å²) in [6, 6.07) is 4.97. The Hall–Kier alpha value is -3.02. The second-order valence-electron chi connectivity index (χ2n) is 4.83. The predicted molar refractivity (Wildman–Crippen MR) is 78.5 cm³/mol. The first kappa shape index (κ1) is 15.4. The summed E-state index contributed by atoms with van der Waals surface area (Å²) < 4.78 is 0. The van der Waals surface area contributed by atoms with Crippen LogP contribution in [0.5, 0.6) is 23.0 Å². The molecule has 0 aromatic heterocycles. The fraction of sp³-hybridized carbons (Fsp3) is 0.125. The highest BCUT2D eigenvalue weighted by Gasteiger charge is 2.22. The van der Waals surface area contributed by atoms with Crippen molar-refractivity contribution < 1.29 is 30.0 Å². The number of hydrogen-bond donors (Lipinski definition) is 4. The summed E-state index contributed by atoms with van der Waals surface area (Å²) in [6.07, 6.45) is 0. The Balaban J connectivity index is 2.78. The number of hydrogen-bond acceptors (Lipinski definition) is 6. The first-order valence-electron chi connectivity index (χ1n) is 6.37. The lowest BCUT2D eigenvalue weighted by Crippen LogP contribution is -1.96. The van der Waals surface area contributed by atoms with Gasteiger partial charge in [-0.25, -0.2) is 0 Å². The molecule has 2 rings (SSSR count). The summed E-state index contributed by atoms with van der Waals surface area (Å²) in [5.41, 5.74) is -0.429. The maximum absolute atomic E-state index is 11.5. The molecule has 22 heavy (non-hydrogen) atoms. The van der Waals surface area contributed by atoms with E-state index in [-0.39, 0.29) is 28.0 Å². The number of aromatic hydroxyl groups is 4. The van der Waals surface area contributed by atoms with E-state index in [0.717, 1.165) is 0 Å². The van der Waals surface area contributed by atoms with Gasteiger partial charge in [-0.3, -0.25) is 9.59 Å². The van der Waals surface area contributed by atoms with Crippen molar-refractivity contribution in [3.63, 3.8) is 0 Å². The fourth-order valence-electron chi connectivity index (χ4n) is 2.20. The molecular formula is C16H14O6. The largest absolute Gasteiger partial charge is 0.507 e. The molecule has 2 aromatic carbocycles. The third kappa shape index (κ3) is 2.35. The Morgan fingerprint density at radius 3 is 1.77 bits per heavy atom. The molecule has 0 bridgehead atoms. The number of ketones is 2. The summed E-state index contributed by atoms with van der Waals surface area (Å²) in [4.78, 5) is 22.8. The van der Waals surface area contributed by atoms with E-state index >= 15 is 0 Å². The van der Waals surface area contributed by atoms with Gasteiger partial charge in [0.15, 0.2) is 23.1 Å². The molecular weight excluding hydrogens is 288 g/mol. The van der Waals surface area contributed by atoms with Gasteiger partial charge in [0.25, 0.3) is 0 Å². The number of carbonyl (C=O) groups is 2. The maximum atomic E-state index is 11.5. The molecule has 0 heterocycles. The Labute approximate surface area is 125 Å². The van der Waals surface area contributed by atoms with Gasteiger partial charge >= 0.3 is 0 Å². The summed E-state index contributed by atoms with van der Waals surface area (Å²) in [5, 5.41) is 40.0. The lowest BCUT2D eigenvalue weighted by Gasteiger charge is -2.13. The van der Waals surface area contributed by atoms with Crippen molar-refractivity contribution in [2.75, 3.05) is 0 Å². The van der Waals surface area contributed by atoms with Gasteiger partial charge in [0, 0.05) is 5.56 Å². The minimum atomic E-state index is -0.668. The Morgan fingerprint density at radius 2 is 1.23 bits per heavy atom. The molecule has 6 nitrogen and oxygen atoms in total. The summed E-state index contributed by atoms with van der Waals surface area (Å²) in [7, 11) is 0. The van der Waals surface area contributed by atoms with E-state index in [1.807, 2.05) is 0 Å². The van der Waals surface area contributed by atoms with Crippen LogP contribution in [0.15, 0.2) is 24.3 Å². The zero-order valence-corrected chi connectivity index (χ0v) is 11.9. The summed E-state index contributed by atoms with van der Waals surface area (Å²) in [6.45, 7) is 2.46. The smallest absolute Gasteiger partial charge is 0.169 e. The van der Waals surface area contributed by atoms with Gasteiger partial charge in [-0.1, -0.05) is 0 Å². The van der Waals surface area contributed by atoms with Crippen LogP contribution >= 0.6 is 0 Å². The highest BCUT2D eigenvalue weighted by atomic mass is 16.3. The lowest BCUT2D eigenvalue weighted by atomic mass is 9.95. The number of rotatable bonds is 3. The second kappa shape index (κ2) is 5.40. The highest BCUT2D eigenvalue weighted by Crippen LogP contribution is 2.47. The quantitative estimate of drug-likeness (QED) is 0.511. The molecule has 0 aliphatic rings. The van der Waals surface area contributed by atoms with Gasteiger partial charge in [-0.05, 0) is 38.1 Å². The normalized spacial score (nSPS) is 10.5. The molecule has 2 aromatic rings. The third-order valence-electron chi connectivity index (χ3n) is 3.34. The van der Waals surface area contributed by atoms with E-state index in [0.29, 0.717) is 0 Å². The number of phenolic OH excluding ortho intramolecular Hbond substituents is 4. The molecule has 0 amide bonds. The second-order valence-corrected chi connectivity index (χ2v) is 4.83. The van der Waals surface area contributed by atoms with Crippen molar-refractivity contribution in [3.05, 3.63) is 35.4 Å².